The van der Waals surface area contributed by atoms with Crippen molar-refractivity contribution in [2.45, 2.75) is 25.6 Å². The van der Waals surface area contributed by atoms with Crippen molar-refractivity contribution in [2.24, 2.45) is 5.41 Å². The van der Waals surface area contributed by atoms with Crippen LogP contribution in [0.4, 0.5) is 5.69 Å². The van der Waals surface area contributed by atoms with Crippen LogP contribution in [0.2, 0.25) is 5.02 Å². The predicted molar refractivity (Wildman–Crippen MR) is 140 cm³/mol. The van der Waals surface area contributed by atoms with Gasteiger partial charge in [0.05, 0.1) is 40.1 Å². The highest BCUT2D eigenvalue weighted by Gasteiger charge is 2.41. The van der Waals surface area contributed by atoms with Crippen molar-refractivity contribution in [3.63, 3.8) is 0 Å². The molecule has 1 aliphatic heterocycles. The quantitative estimate of drug-likeness (QED) is 0.387. The maximum atomic E-state index is 13.9. The molecule has 0 saturated carbocycles. The Morgan fingerprint density at radius 3 is 2.42 bits per heavy atom. The number of carbonyl (C=O) groups is 2. The van der Waals surface area contributed by atoms with Gasteiger partial charge >= 0.3 is 0 Å². The van der Waals surface area contributed by atoms with Crippen LogP contribution in [0.1, 0.15) is 30.6 Å². The van der Waals surface area contributed by atoms with Gasteiger partial charge in [0.15, 0.2) is 11.5 Å². The van der Waals surface area contributed by atoms with E-state index in [2.05, 4.69) is 0 Å². The highest BCUT2D eigenvalue weighted by atomic mass is 35.5. The summed E-state index contributed by atoms with van der Waals surface area (Å²) in [4.78, 5) is 27.8. The maximum absolute atomic E-state index is 13.9. The van der Waals surface area contributed by atoms with Crippen LogP contribution >= 0.6 is 11.6 Å². The molecule has 0 spiro atoms. The van der Waals surface area contributed by atoms with E-state index in [0.717, 1.165) is 6.26 Å². The van der Waals surface area contributed by atoms with E-state index < -0.39 is 59.1 Å². The Morgan fingerprint density at radius 1 is 1.16 bits per heavy atom. The second-order valence-corrected chi connectivity index (χ2v) is 11.5. The van der Waals surface area contributed by atoms with Crippen molar-refractivity contribution in [1.29, 1.82) is 0 Å². The highest BCUT2D eigenvalue weighted by molar-refractivity contribution is 7.89. The number of halogens is 1. The number of hydrogen-bond acceptors (Lipinski definition) is 9. The summed E-state index contributed by atoms with van der Waals surface area (Å²) in [6.07, 6.45) is -2.26. The normalized spacial score (nSPS) is 18.0. The summed E-state index contributed by atoms with van der Waals surface area (Å²) >= 11 is 6.35. The van der Waals surface area contributed by atoms with E-state index in [1.807, 2.05) is 4.72 Å². The van der Waals surface area contributed by atoms with E-state index >= 15 is 0 Å². The van der Waals surface area contributed by atoms with Gasteiger partial charge in [-0.1, -0.05) is 30.7 Å². The van der Waals surface area contributed by atoms with Gasteiger partial charge in [0.2, 0.25) is 15.9 Å². The topological polar surface area (TPSA) is 152 Å². The number of sulfonamides is 1. The van der Waals surface area contributed by atoms with Gasteiger partial charge in [-0.3, -0.25) is 14.3 Å². The number of methoxy groups -OCH3 is 2. The van der Waals surface area contributed by atoms with E-state index in [-0.39, 0.29) is 6.54 Å². The fourth-order valence-corrected chi connectivity index (χ4v) is 4.85. The van der Waals surface area contributed by atoms with Gasteiger partial charge in [0, 0.05) is 33.8 Å². The summed E-state index contributed by atoms with van der Waals surface area (Å²) in [6, 6.07) is 9.87. The van der Waals surface area contributed by atoms with Crippen LogP contribution in [0.15, 0.2) is 36.4 Å². The van der Waals surface area contributed by atoms with Crippen LogP contribution in [-0.4, -0.2) is 76.8 Å². The molecule has 0 saturated heterocycles. The van der Waals surface area contributed by atoms with E-state index in [9.17, 15) is 28.2 Å². The molecule has 0 aromatic heterocycles. The largest absolute Gasteiger partial charge is 0.493 e. The Hall–Kier alpha value is -2.90. The van der Waals surface area contributed by atoms with Gasteiger partial charge in [-0.15, -0.1) is 0 Å². The number of nitrogens with one attached hydrogen (secondary N) is 1. The lowest BCUT2D eigenvalue weighted by atomic mass is 9.91. The van der Waals surface area contributed by atoms with E-state index in [1.165, 1.54) is 19.1 Å². The second-order valence-electron chi connectivity index (χ2n) is 9.34. The summed E-state index contributed by atoms with van der Waals surface area (Å²) in [5, 5.41) is 20.2. The summed E-state index contributed by atoms with van der Waals surface area (Å²) in [5.41, 5.74) is 0.167. The van der Waals surface area contributed by atoms with Crippen LogP contribution in [0.5, 0.6) is 11.5 Å². The molecule has 0 bridgehead atoms. The predicted octanol–water partition coefficient (Wildman–Crippen LogP) is 1.64. The third-order valence-corrected chi connectivity index (χ3v) is 6.93. The summed E-state index contributed by atoms with van der Waals surface area (Å²) in [6.45, 7) is 0.575. The van der Waals surface area contributed by atoms with Crippen LogP contribution < -0.4 is 19.1 Å². The number of hydrogen-bond donors (Lipinski definition) is 3. The van der Waals surface area contributed by atoms with Crippen LogP contribution in [0, 0.1) is 5.41 Å². The molecule has 208 valence electrons. The molecule has 11 nitrogen and oxygen atoms in total. The summed E-state index contributed by atoms with van der Waals surface area (Å²) in [7, 11) is -0.985. The molecule has 1 heterocycles. The fourth-order valence-electron chi connectivity index (χ4n) is 4.18. The monoisotopic (exact) mass is 570 g/mol. The summed E-state index contributed by atoms with van der Waals surface area (Å²) in [5.74, 6) is -0.904. The van der Waals surface area contributed by atoms with Gasteiger partial charge in [0.1, 0.15) is 12.2 Å². The molecule has 2 amide bonds. The lowest BCUT2D eigenvalue weighted by molar-refractivity contribution is -0.137. The van der Waals surface area contributed by atoms with Gasteiger partial charge in [-0.25, -0.2) is 8.42 Å². The third kappa shape index (κ3) is 6.56. The zero-order chi connectivity index (χ0) is 28.3. The number of anilines is 1. The number of amides is 2. The number of benzene rings is 2. The van der Waals surface area contributed by atoms with Gasteiger partial charge in [0.25, 0.3) is 5.91 Å². The molecule has 13 heteroatoms. The molecule has 0 aliphatic carbocycles. The number of rotatable bonds is 10. The molecular weight excluding hydrogens is 540 g/mol. The number of aliphatic hydroxyl groups excluding tert-OH is 2. The first-order valence-electron chi connectivity index (χ1n) is 11.6. The van der Waals surface area contributed by atoms with E-state index in [4.69, 9.17) is 25.8 Å². The molecule has 3 N–H and O–H groups in total. The Kier molecular flexibility index (Phi) is 9.26. The Labute approximate surface area is 226 Å². The van der Waals surface area contributed by atoms with E-state index in [1.54, 1.807) is 43.3 Å². The molecule has 2 aromatic rings. The van der Waals surface area contributed by atoms with Crippen LogP contribution in [-0.2, 0) is 24.3 Å². The molecule has 1 aliphatic rings. The van der Waals surface area contributed by atoms with Gasteiger partial charge in [-0.05, 0) is 24.3 Å². The first-order valence-corrected chi connectivity index (χ1v) is 13.8. The minimum Gasteiger partial charge on any atom is -0.493 e. The van der Waals surface area contributed by atoms with Crippen molar-refractivity contribution >= 4 is 39.1 Å². The van der Waals surface area contributed by atoms with Crippen molar-refractivity contribution in [1.82, 2.24) is 4.72 Å². The lowest BCUT2D eigenvalue weighted by Gasteiger charge is -2.33. The number of fused-ring (bicyclic) bond motifs is 1. The molecule has 38 heavy (non-hydrogen) atoms. The average molecular weight is 571 g/mol. The first kappa shape index (κ1) is 29.7. The van der Waals surface area contributed by atoms with Crippen molar-refractivity contribution in [3.8, 4) is 11.5 Å². The zero-order valence-corrected chi connectivity index (χ0v) is 23.0. The molecular formula is C25H31ClN2O9S. The molecule has 0 unspecified atom stereocenters. The van der Waals surface area contributed by atoms with Crippen LogP contribution in [0.25, 0.3) is 0 Å². The zero-order valence-electron chi connectivity index (χ0n) is 21.4. The number of carbonyl (C=O) groups excluding carboxylic acids is 2. The minimum atomic E-state index is -3.90. The SMILES string of the molecule is COc1cccc([C@H]2O[C@H](CC(=O)NS(C)(=O)=O)C(=O)N(CC(C)(CO)CO)c3ccc(Cl)cc32)c1OC. The number of nitrogens with zero attached hydrogens (tertiary/aromatic N) is 1. The lowest BCUT2D eigenvalue weighted by Crippen LogP contribution is -2.48. The van der Waals surface area contributed by atoms with Gasteiger partial charge in [-0.2, -0.15) is 0 Å². The summed E-state index contributed by atoms with van der Waals surface area (Å²) < 4.78 is 42.4. The van der Waals surface area contributed by atoms with E-state index in [0.29, 0.717) is 33.3 Å². The smallest absolute Gasteiger partial charge is 0.256 e. The van der Waals surface area contributed by atoms with Crippen molar-refractivity contribution < 1.29 is 42.4 Å². The average Bonchev–Trinajstić information content (AvgIpc) is 2.97. The minimum absolute atomic E-state index is 0.136. The molecule has 3 rings (SSSR count). The molecule has 2 atom stereocenters. The Morgan fingerprint density at radius 2 is 1.84 bits per heavy atom. The Bertz CT molecular complexity index is 1300. The van der Waals surface area contributed by atoms with Crippen LogP contribution in [0.3, 0.4) is 0 Å². The standard InChI is InChI=1S/C25H31ClN2O9S/c1-25(13-29,14-30)12-28-18-9-8-15(26)10-17(18)22(16-6-5-7-19(35-2)23(16)36-3)37-20(24(28)32)11-21(31)27-38(4,33)34/h5-10,20,22,29-30H,11-14H2,1-4H3,(H,27,31)/t20-,22-/m1/s1. The van der Waals surface area contributed by atoms with Crippen molar-refractivity contribution in [2.75, 3.05) is 45.1 Å². The third-order valence-electron chi connectivity index (χ3n) is 6.09. The fraction of sp³-hybridized carbons (Fsp3) is 0.440. The molecule has 0 radical (unpaired) electrons. The molecule has 2 aromatic carbocycles. The number of ether oxygens (including phenoxy) is 3. The number of aliphatic hydroxyl groups is 2. The second kappa shape index (κ2) is 11.9. The van der Waals surface area contributed by atoms with Gasteiger partial charge < -0.3 is 29.3 Å². The Balaban J connectivity index is 2.24. The molecule has 0 fully saturated rings. The number of para-hydroxylation sites is 1. The highest BCUT2D eigenvalue weighted by Crippen LogP contribution is 2.45. The maximum Gasteiger partial charge on any atom is 0.256 e. The van der Waals surface area contributed by atoms with Crippen molar-refractivity contribution in [3.05, 3.63) is 52.5 Å². The first-order chi connectivity index (χ1) is 17.9.